The summed E-state index contributed by atoms with van der Waals surface area (Å²) in [4.78, 5) is 50.1. The number of benzene rings is 2. The fourth-order valence-electron chi connectivity index (χ4n) is 3.20. The normalized spacial score (nSPS) is 13.8. The van der Waals surface area contributed by atoms with Crippen LogP contribution in [0.25, 0.3) is 0 Å². The first-order valence-electron chi connectivity index (χ1n) is 9.54. The number of aryl methyl sites for hydroxylation is 1. The van der Waals surface area contributed by atoms with E-state index in [4.69, 9.17) is 0 Å². The fourth-order valence-corrected chi connectivity index (χ4v) is 3.20. The van der Waals surface area contributed by atoms with E-state index < -0.39 is 23.8 Å². The molecular weight excluding hydrogens is 370 g/mol. The summed E-state index contributed by atoms with van der Waals surface area (Å²) in [6, 6.07) is 15.3. The van der Waals surface area contributed by atoms with Crippen LogP contribution < -0.4 is 10.6 Å². The monoisotopic (exact) mass is 393 g/mol. The lowest BCUT2D eigenvalue weighted by molar-refractivity contribution is -0.125. The summed E-state index contributed by atoms with van der Waals surface area (Å²) >= 11 is 0. The molecule has 0 aromatic heterocycles. The second-order valence-corrected chi connectivity index (χ2v) is 6.83. The van der Waals surface area contributed by atoms with Gasteiger partial charge < -0.3 is 10.6 Å². The maximum atomic E-state index is 12.4. The van der Waals surface area contributed by atoms with Gasteiger partial charge in [-0.2, -0.15) is 0 Å². The van der Waals surface area contributed by atoms with Crippen LogP contribution >= 0.6 is 0 Å². The summed E-state index contributed by atoms with van der Waals surface area (Å²) in [5, 5.41) is 5.40. The molecule has 7 heteroatoms. The molecule has 1 aliphatic rings. The van der Waals surface area contributed by atoms with Crippen molar-refractivity contribution in [1.29, 1.82) is 0 Å². The van der Waals surface area contributed by atoms with Gasteiger partial charge in [0.2, 0.25) is 11.8 Å². The third-order valence-electron chi connectivity index (χ3n) is 4.82. The lowest BCUT2D eigenvalue weighted by Gasteiger charge is -2.21. The summed E-state index contributed by atoms with van der Waals surface area (Å²) in [7, 11) is 0. The Balaban J connectivity index is 1.41. The molecule has 2 aromatic carbocycles. The van der Waals surface area contributed by atoms with Crippen LogP contribution in [-0.2, 0) is 16.0 Å². The molecule has 0 fully saturated rings. The number of rotatable bonds is 8. The van der Waals surface area contributed by atoms with Crippen molar-refractivity contribution in [2.24, 2.45) is 0 Å². The Hall–Kier alpha value is -3.48. The van der Waals surface area contributed by atoms with Crippen LogP contribution in [0.2, 0.25) is 0 Å². The Morgan fingerprint density at radius 3 is 2.03 bits per heavy atom. The number of hydrogen-bond donors (Lipinski definition) is 2. The number of amides is 4. The van der Waals surface area contributed by atoms with E-state index in [1.165, 1.54) is 6.92 Å². The minimum atomic E-state index is -0.934. The molecular formula is C22H23N3O4. The molecule has 150 valence electrons. The minimum Gasteiger partial charge on any atom is -0.354 e. The van der Waals surface area contributed by atoms with Crippen LogP contribution in [0, 0.1) is 0 Å². The van der Waals surface area contributed by atoms with Crippen LogP contribution in [0.3, 0.4) is 0 Å². The van der Waals surface area contributed by atoms with Crippen molar-refractivity contribution in [3.63, 3.8) is 0 Å². The van der Waals surface area contributed by atoms with Crippen LogP contribution in [0.5, 0.6) is 0 Å². The first-order valence-corrected chi connectivity index (χ1v) is 9.54. The molecule has 0 saturated heterocycles. The van der Waals surface area contributed by atoms with Crippen molar-refractivity contribution in [3.05, 3.63) is 71.3 Å². The van der Waals surface area contributed by atoms with E-state index in [1.807, 2.05) is 30.3 Å². The molecule has 1 atom stereocenters. The van der Waals surface area contributed by atoms with Gasteiger partial charge in [-0.3, -0.25) is 24.1 Å². The third kappa shape index (κ3) is 4.68. The Morgan fingerprint density at radius 2 is 1.41 bits per heavy atom. The van der Waals surface area contributed by atoms with Crippen molar-refractivity contribution >= 4 is 23.6 Å². The number of fused-ring (bicyclic) bond motifs is 1. The maximum absolute atomic E-state index is 12.4. The van der Waals surface area contributed by atoms with Gasteiger partial charge in [-0.15, -0.1) is 0 Å². The van der Waals surface area contributed by atoms with Gasteiger partial charge >= 0.3 is 0 Å². The van der Waals surface area contributed by atoms with Gasteiger partial charge in [-0.1, -0.05) is 42.5 Å². The van der Waals surface area contributed by atoms with E-state index in [0.717, 1.165) is 10.5 Å². The van der Waals surface area contributed by atoms with E-state index in [2.05, 4.69) is 10.6 Å². The zero-order valence-corrected chi connectivity index (χ0v) is 16.2. The molecule has 0 radical (unpaired) electrons. The molecule has 2 N–H and O–H groups in total. The average molecular weight is 393 g/mol. The van der Waals surface area contributed by atoms with Crippen LogP contribution in [0.1, 0.15) is 39.6 Å². The average Bonchev–Trinajstić information content (AvgIpc) is 3.00. The van der Waals surface area contributed by atoms with Gasteiger partial charge in [0, 0.05) is 19.5 Å². The highest BCUT2D eigenvalue weighted by atomic mass is 16.2. The lowest BCUT2D eigenvalue weighted by atomic mass is 10.1. The number of imide groups is 1. The van der Waals surface area contributed by atoms with E-state index in [1.54, 1.807) is 24.3 Å². The van der Waals surface area contributed by atoms with Gasteiger partial charge in [0.25, 0.3) is 11.8 Å². The molecule has 1 aliphatic heterocycles. The molecule has 1 heterocycles. The molecule has 0 spiro atoms. The molecule has 0 aliphatic carbocycles. The van der Waals surface area contributed by atoms with Crippen molar-refractivity contribution in [2.75, 3.05) is 13.1 Å². The molecule has 0 saturated carbocycles. The minimum absolute atomic E-state index is 0.100. The van der Waals surface area contributed by atoms with Crippen molar-refractivity contribution in [1.82, 2.24) is 15.5 Å². The Kier molecular flexibility index (Phi) is 6.39. The van der Waals surface area contributed by atoms with Gasteiger partial charge in [0.15, 0.2) is 0 Å². The van der Waals surface area contributed by atoms with Crippen molar-refractivity contribution in [2.45, 2.75) is 25.8 Å². The van der Waals surface area contributed by atoms with Gasteiger partial charge in [0.05, 0.1) is 11.1 Å². The molecule has 2 aromatic rings. The van der Waals surface area contributed by atoms with Gasteiger partial charge in [0.1, 0.15) is 6.04 Å². The second kappa shape index (κ2) is 9.14. The largest absolute Gasteiger partial charge is 0.354 e. The SMILES string of the molecule is CC(C(=O)NCCNC(=O)CCc1ccccc1)N1C(=O)c2ccccc2C1=O. The van der Waals surface area contributed by atoms with E-state index in [0.29, 0.717) is 24.0 Å². The quantitative estimate of drug-likeness (QED) is 0.525. The Bertz CT molecular complexity index is 892. The molecule has 1 unspecified atom stereocenters. The fraction of sp³-hybridized carbons (Fsp3) is 0.273. The van der Waals surface area contributed by atoms with Crippen molar-refractivity contribution in [3.8, 4) is 0 Å². The lowest BCUT2D eigenvalue weighted by Crippen LogP contribution is -2.49. The summed E-state index contributed by atoms with van der Waals surface area (Å²) < 4.78 is 0. The summed E-state index contributed by atoms with van der Waals surface area (Å²) in [6.07, 6.45) is 1.01. The highest BCUT2D eigenvalue weighted by Gasteiger charge is 2.40. The predicted octanol–water partition coefficient (Wildman–Crippen LogP) is 1.54. The number of nitrogens with zero attached hydrogens (tertiary/aromatic N) is 1. The van der Waals surface area contributed by atoms with Gasteiger partial charge in [-0.05, 0) is 31.0 Å². The second-order valence-electron chi connectivity index (χ2n) is 6.83. The highest BCUT2D eigenvalue weighted by Crippen LogP contribution is 2.24. The molecule has 29 heavy (non-hydrogen) atoms. The van der Waals surface area contributed by atoms with Crippen molar-refractivity contribution < 1.29 is 19.2 Å². The molecule has 7 nitrogen and oxygen atoms in total. The van der Waals surface area contributed by atoms with Crippen LogP contribution in [-0.4, -0.2) is 47.7 Å². The zero-order valence-electron chi connectivity index (χ0n) is 16.2. The number of hydrogen-bond acceptors (Lipinski definition) is 4. The molecule has 0 bridgehead atoms. The van der Waals surface area contributed by atoms with Crippen LogP contribution in [0.4, 0.5) is 0 Å². The number of carbonyl (C=O) groups excluding carboxylic acids is 4. The number of nitrogens with one attached hydrogen (secondary N) is 2. The topological polar surface area (TPSA) is 95.6 Å². The smallest absolute Gasteiger partial charge is 0.262 e. The predicted molar refractivity (Wildman–Crippen MR) is 107 cm³/mol. The van der Waals surface area contributed by atoms with Crippen LogP contribution in [0.15, 0.2) is 54.6 Å². The van der Waals surface area contributed by atoms with Gasteiger partial charge in [-0.25, -0.2) is 0 Å². The third-order valence-corrected chi connectivity index (χ3v) is 4.82. The van der Waals surface area contributed by atoms with E-state index in [9.17, 15) is 19.2 Å². The molecule has 4 amide bonds. The maximum Gasteiger partial charge on any atom is 0.262 e. The standard InChI is InChI=1S/C22H23N3O4/c1-15(25-21(28)17-9-5-6-10-18(17)22(25)29)20(27)24-14-13-23-19(26)12-11-16-7-3-2-4-8-16/h2-10,15H,11-14H2,1H3,(H,23,26)(H,24,27). The highest BCUT2D eigenvalue weighted by molar-refractivity contribution is 6.22. The van der Waals surface area contributed by atoms with E-state index >= 15 is 0 Å². The summed E-state index contributed by atoms with van der Waals surface area (Å²) in [5.74, 6) is -1.49. The summed E-state index contributed by atoms with van der Waals surface area (Å²) in [6.45, 7) is 1.99. The Labute approximate surface area is 169 Å². The number of carbonyl (C=O) groups is 4. The Morgan fingerprint density at radius 1 is 0.862 bits per heavy atom. The van der Waals surface area contributed by atoms with E-state index in [-0.39, 0.29) is 19.0 Å². The summed E-state index contributed by atoms with van der Waals surface area (Å²) in [5.41, 5.74) is 1.70. The first-order chi connectivity index (χ1) is 14.0. The first kappa shape index (κ1) is 20.3. The zero-order chi connectivity index (χ0) is 20.8. The molecule has 3 rings (SSSR count).